The molecule has 0 radical (unpaired) electrons. The summed E-state index contributed by atoms with van der Waals surface area (Å²) in [6.45, 7) is 6.36. The molecule has 3 nitrogen and oxygen atoms in total. The van der Waals surface area contributed by atoms with Gasteiger partial charge < -0.3 is 14.6 Å². The third kappa shape index (κ3) is 4.16. The van der Waals surface area contributed by atoms with Crippen LogP contribution in [-0.2, 0) is 0 Å². The first kappa shape index (κ1) is 19.6. The second kappa shape index (κ2) is 8.34. The fraction of sp³-hybridized carbons (Fsp3) is 0.500. The molecular formula is C24H31ClN2O. The van der Waals surface area contributed by atoms with Crippen molar-refractivity contribution >= 4 is 28.1 Å². The van der Waals surface area contributed by atoms with Gasteiger partial charge in [-0.25, -0.2) is 0 Å². The number of hydrogen-bond acceptors (Lipinski definition) is 2. The zero-order valence-electron chi connectivity index (χ0n) is 16.9. The van der Waals surface area contributed by atoms with Crippen LogP contribution in [0.3, 0.4) is 0 Å². The lowest BCUT2D eigenvalue weighted by atomic mass is 9.93. The number of nitrogens with zero attached hydrogens (tertiary/aromatic N) is 2. The van der Waals surface area contributed by atoms with Crippen LogP contribution >= 0.6 is 11.6 Å². The molecule has 1 aliphatic heterocycles. The molecule has 2 aromatic rings. The zero-order chi connectivity index (χ0) is 19.7. The van der Waals surface area contributed by atoms with Crippen molar-refractivity contribution in [2.45, 2.75) is 58.1 Å². The number of hydrogen-bond donors (Lipinski definition) is 1. The van der Waals surface area contributed by atoms with E-state index in [-0.39, 0.29) is 6.10 Å². The number of allylic oxidation sites excluding steroid dienone is 2. The molecule has 0 amide bonds. The number of aliphatic hydroxyl groups excluding tert-OH is 1. The number of fused-ring (bicyclic) bond motifs is 1. The van der Waals surface area contributed by atoms with E-state index in [0.717, 1.165) is 49.4 Å². The third-order valence-electron chi connectivity index (χ3n) is 6.17. The summed E-state index contributed by atoms with van der Waals surface area (Å²) in [5, 5.41) is 12.0. The smallest absolute Gasteiger partial charge is 0.0541 e. The zero-order valence-corrected chi connectivity index (χ0v) is 17.7. The van der Waals surface area contributed by atoms with Crippen LogP contribution in [0.25, 0.3) is 16.5 Å². The van der Waals surface area contributed by atoms with Crippen LogP contribution in [0, 0.1) is 5.92 Å². The maximum atomic E-state index is 9.79. The average molecular weight is 399 g/mol. The highest BCUT2D eigenvalue weighted by atomic mass is 35.5. The fourth-order valence-corrected chi connectivity index (χ4v) is 4.73. The number of halogens is 1. The van der Waals surface area contributed by atoms with Crippen LogP contribution in [0.15, 0.2) is 47.8 Å². The number of aliphatic hydroxyl groups is 1. The van der Waals surface area contributed by atoms with Crippen molar-refractivity contribution < 1.29 is 5.11 Å². The molecule has 0 atom stereocenters. The Morgan fingerprint density at radius 3 is 2.64 bits per heavy atom. The molecule has 1 aromatic carbocycles. The highest BCUT2D eigenvalue weighted by Crippen LogP contribution is 2.34. The van der Waals surface area contributed by atoms with Gasteiger partial charge in [0.05, 0.1) is 12.6 Å². The van der Waals surface area contributed by atoms with Crippen LogP contribution in [0.1, 0.15) is 57.6 Å². The van der Waals surface area contributed by atoms with E-state index in [1.165, 1.54) is 22.9 Å². The first-order valence-corrected chi connectivity index (χ1v) is 11.0. The van der Waals surface area contributed by atoms with Crippen molar-refractivity contribution in [3.05, 3.63) is 53.3 Å². The van der Waals surface area contributed by atoms with E-state index in [1.54, 1.807) is 0 Å². The van der Waals surface area contributed by atoms with Gasteiger partial charge in [-0.1, -0.05) is 31.5 Å². The van der Waals surface area contributed by atoms with Crippen LogP contribution in [0.5, 0.6) is 0 Å². The van der Waals surface area contributed by atoms with Crippen LogP contribution in [-0.4, -0.2) is 33.8 Å². The van der Waals surface area contributed by atoms with Gasteiger partial charge in [-0.05, 0) is 73.4 Å². The van der Waals surface area contributed by atoms with E-state index in [2.05, 4.69) is 66.1 Å². The van der Waals surface area contributed by atoms with E-state index in [4.69, 9.17) is 11.6 Å². The topological polar surface area (TPSA) is 28.4 Å². The maximum absolute atomic E-state index is 9.79. The van der Waals surface area contributed by atoms with Gasteiger partial charge in [0.15, 0.2) is 0 Å². The van der Waals surface area contributed by atoms with Gasteiger partial charge in [0.25, 0.3) is 0 Å². The predicted molar refractivity (Wildman–Crippen MR) is 118 cm³/mol. The number of benzene rings is 1. The molecule has 4 rings (SSSR count). The van der Waals surface area contributed by atoms with Crippen molar-refractivity contribution in [3.63, 3.8) is 0 Å². The molecule has 1 saturated carbocycles. The summed E-state index contributed by atoms with van der Waals surface area (Å²) >= 11 is 6.68. The standard InChI is InChI=1S/C24H31ClN2O/c1-17(2)9-12-26-13-11-22(23(25)16-26)18-3-8-24-19(15-18)10-14-27(24)20-4-6-21(28)7-5-20/h3,8,10-11,13-15,17,20-21,28H,4-7,9,12,16H2,1-2H3. The van der Waals surface area contributed by atoms with Gasteiger partial charge in [-0.15, -0.1) is 0 Å². The van der Waals surface area contributed by atoms with E-state index < -0.39 is 0 Å². The van der Waals surface area contributed by atoms with Crippen molar-refractivity contribution in [1.29, 1.82) is 0 Å². The largest absolute Gasteiger partial charge is 0.393 e. The molecule has 0 saturated heterocycles. The Hall–Kier alpha value is -1.71. The summed E-state index contributed by atoms with van der Waals surface area (Å²) in [5.41, 5.74) is 3.60. The summed E-state index contributed by atoms with van der Waals surface area (Å²) in [4.78, 5) is 2.30. The predicted octanol–water partition coefficient (Wildman–Crippen LogP) is 5.94. The molecule has 4 heteroatoms. The molecular weight excluding hydrogens is 368 g/mol. The van der Waals surface area contributed by atoms with E-state index in [0.29, 0.717) is 12.0 Å². The first-order chi connectivity index (χ1) is 13.5. The van der Waals surface area contributed by atoms with Crippen molar-refractivity contribution in [2.24, 2.45) is 5.92 Å². The van der Waals surface area contributed by atoms with Gasteiger partial charge >= 0.3 is 0 Å². The molecule has 2 aliphatic rings. The Balaban J connectivity index is 1.53. The van der Waals surface area contributed by atoms with E-state index >= 15 is 0 Å². The minimum atomic E-state index is -0.114. The van der Waals surface area contributed by atoms with Crippen LogP contribution < -0.4 is 0 Å². The second-order valence-electron chi connectivity index (χ2n) is 8.75. The minimum Gasteiger partial charge on any atom is -0.393 e. The number of aromatic nitrogens is 1. The normalized spacial score (nSPS) is 23.2. The Labute approximate surface area is 173 Å². The monoisotopic (exact) mass is 398 g/mol. The molecule has 150 valence electrons. The summed E-state index contributed by atoms with van der Waals surface area (Å²) in [7, 11) is 0. The SMILES string of the molecule is CC(C)CCN1C=CC(c2ccc3c(ccn3C3CCC(O)CC3)c2)=C(Cl)C1. The molecule has 0 bridgehead atoms. The lowest BCUT2D eigenvalue weighted by Gasteiger charge is -2.27. The highest BCUT2D eigenvalue weighted by Gasteiger charge is 2.22. The van der Waals surface area contributed by atoms with Gasteiger partial charge in [0, 0.05) is 40.9 Å². The van der Waals surface area contributed by atoms with Gasteiger partial charge in [0.1, 0.15) is 0 Å². The molecule has 1 fully saturated rings. The van der Waals surface area contributed by atoms with Crippen molar-refractivity contribution in [1.82, 2.24) is 9.47 Å². The van der Waals surface area contributed by atoms with E-state index in [1.807, 2.05) is 0 Å². The Morgan fingerprint density at radius 1 is 1.14 bits per heavy atom. The first-order valence-electron chi connectivity index (χ1n) is 10.6. The average Bonchev–Trinajstić information content (AvgIpc) is 3.10. The lowest BCUT2D eigenvalue weighted by molar-refractivity contribution is 0.111. The molecule has 0 unspecified atom stereocenters. The molecule has 0 spiro atoms. The summed E-state index contributed by atoms with van der Waals surface area (Å²) in [6.07, 6.45) is 11.5. The third-order valence-corrected chi connectivity index (χ3v) is 6.49. The summed E-state index contributed by atoms with van der Waals surface area (Å²) in [6, 6.07) is 9.39. The molecule has 1 aliphatic carbocycles. The Bertz CT molecular complexity index is 887. The van der Waals surface area contributed by atoms with Gasteiger partial charge in [0.2, 0.25) is 0 Å². The summed E-state index contributed by atoms with van der Waals surface area (Å²) in [5.74, 6) is 0.705. The molecule has 28 heavy (non-hydrogen) atoms. The Morgan fingerprint density at radius 2 is 1.93 bits per heavy atom. The van der Waals surface area contributed by atoms with Gasteiger partial charge in [-0.3, -0.25) is 0 Å². The van der Waals surface area contributed by atoms with E-state index in [9.17, 15) is 5.11 Å². The fourth-order valence-electron chi connectivity index (χ4n) is 4.40. The highest BCUT2D eigenvalue weighted by molar-refractivity contribution is 6.33. The Kier molecular flexibility index (Phi) is 5.84. The maximum Gasteiger partial charge on any atom is 0.0541 e. The number of rotatable bonds is 5. The van der Waals surface area contributed by atoms with Crippen LogP contribution in [0.2, 0.25) is 0 Å². The van der Waals surface area contributed by atoms with Crippen molar-refractivity contribution in [2.75, 3.05) is 13.1 Å². The quantitative estimate of drug-likeness (QED) is 0.674. The summed E-state index contributed by atoms with van der Waals surface area (Å²) < 4.78 is 2.39. The lowest BCUT2D eigenvalue weighted by Crippen LogP contribution is -2.24. The molecule has 1 N–H and O–H groups in total. The van der Waals surface area contributed by atoms with Crippen molar-refractivity contribution in [3.8, 4) is 0 Å². The molecule has 2 heterocycles. The van der Waals surface area contributed by atoms with Gasteiger partial charge in [-0.2, -0.15) is 0 Å². The molecule has 1 aromatic heterocycles. The van der Waals surface area contributed by atoms with Crippen LogP contribution in [0.4, 0.5) is 0 Å². The minimum absolute atomic E-state index is 0.114. The second-order valence-corrected chi connectivity index (χ2v) is 9.20.